The lowest BCUT2D eigenvalue weighted by Gasteiger charge is -2.06. The van der Waals surface area contributed by atoms with Crippen LogP contribution < -0.4 is 5.73 Å². The molecule has 0 radical (unpaired) electrons. The molecule has 2 heterocycles. The molecule has 0 amide bonds. The highest BCUT2D eigenvalue weighted by molar-refractivity contribution is 9.10. The number of rotatable bonds is 3. The average Bonchev–Trinajstić information content (AvgIpc) is 2.67. The number of anilines is 1. The van der Waals surface area contributed by atoms with Crippen molar-refractivity contribution in [2.45, 2.75) is 13.8 Å². The lowest BCUT2D eigenvalue weighted by Crippen LogP contribution is -2.10. The van der Waals surface area contributed by atoms with Crippen LogP contribution >= 0.6 is 15.9 Å². The highest BCUT2D eigenvalue weighted by atomic mass is 79.9. The Morgan fingerprint density at radius 2 is 2.21 bits per heavy atom. The number of imidazole rings is 1. The first-order chi connectivity index (χ1) is 9.04. The van der Waals surface area contributed by atoms with E-state index in [0.29, 0.717) is 16.2 Å². The molecule has 19 heavy (non-hydrogen) atoms. The summed E-state index contributed by atoms with van der Waals surface area (Å²) in [5.41, 5.74) is 6.01. The molecule has 7 nitrogen and oxygen atoms in total. The number of aromatic nitrogens is 4. The van der Waals surface area contributed by atoms with E-state index in [1.807, 2.05) is 0 Å². The van der Waals surface area contributed by atoms with E-state index >= 15 is 0 Å². The van der Waals surface area contributed by atoms with Gasteiger partial charge >= 0.3 is 5.97 Å². The van der Waals surface area contributed by atoms with E-state index in [4.69, 9.17) is 10.5 Å². The van der Waals surface area contributed by atoms with Gasteiger partial charge in [-0.15, -0.1) is 0 Å². The molecule has 0 aliphatic heterocycles. The van der Waals surface area contributed by atoms with Gasteiger partial charge in [-0.1, -0.05) is 0 Å². The van der Waals surface area contributed by atoms with Gasteiger partial charge in [0, 0.05) is 0 Å². The average molecular weight is 326 g/mol. The van der Waals surface area contributed by atoms with Crippen LogP contribution in [0.15, 0.2) is 17.0 Å². The van der Waals surface area contributed by atoms with Crippen LogP contribution in [-0.4, -0.2) is 32.1 Å². The van der Waals surface area contributed by atoms with E-state index in [0.717, 1.165) is 0 Å². The van der Waals surface area contributed by atoms with Crippen molar-refractivity contribution in [2.24, 2.45) is 0 Å². The third kappa shape index (κ3) is 2.58. The van der Waals surface area contributed by atoms with Gasteiger partial charge in [-0.2, -0.15) is 0 Å². The number of nitrogens with two attached hydrogens (primary N) is 1. The summed E-state index contributed by atoms with van der Waals surface area (Å²) in [5, 5.41) is 0. The van der Waals surface area contributed by atoms with Crippen molar-refractivity contribution in [1.82, 2.24) is 19.5 Å². The number of hydrogen-bond donors (Lipinski definition) is 1. The number of halogens is 1. The molecule has 0 bridgehead atoms. The van der Waals surface area contributed by atoms with Crippen LogP contribution in [0.4, 0.5) is 5.82 Å². The standard InChI is InChI=1S/C11H12BrN5O2/c1-3-19-11(18)9-10(13)17(6(2)16-9)8-5-14-7(12)4-15-8/h4-5H,3,13H2,1-2H3. The van der Waals surface area contributed by atoms with Crippen molar-refractivity contribution in [1.29, 1.82) is 0 Å². The molecule has 0 saturated heterocycles. The van der Waals surface area contributed by atoms with E-state index in [1.165, 1.54) is 12.4 Å². The number of esters is 1. The molecule has 2 N–H and O–H groups in total. The molecule has 0 unspecified atom stereocenters. The summed E-state index contributed by atoms with van der Waals surface area (Å²) >= 11 is 3.20. The van der Waals surface area contributed by atoms with E-state index in [1.54, 1.807) is 18.4 Å². The maximum atomic E-state index is 11.7. The second-order valence-corrected chi connectivity index (χ2v) is 4.46. The highest BCUT2D eigenvalue weighted by Gasteiger charge is 2.21. The topological polar surface area (TPSA) is 95.9 Å². The van der Waals surface area contributed by atoms with Crippen molar-refractivity contribution >= 4 is 27.7 Å². The largest absolute Gasteiger partial charge is 0.461 e. The second-order valence-electron chi connectivity index (χ2n) is 3.65. The van der Waals surface area contributed by atoms with E-state index in [2.05, 4.69) is 30.9 Å². The Hall–Kier alpha value is -1.96. The fourth-order valence-corrected chi connectivity index (χ4v) is 1.81. The minimum Gasteiger partial charge on any atom is -0.461 e. The summed E-state index contributed by atoms with van der Waals surface area (Å²) in [6, 6.07) is 0. The van der Waals surface area contributed by atoms with Gasteiger partial charge in [0.15, 0.2) is 11.5 Å². The highest BCUT2D eigenvalue weighted by Crippen LogP contribution is 2.19. The van der Waals surface area contributed by atoms with Crippen LogP contribution in [0.2, 0.25) is 0 Å². The van der Waals surface area contributed by atoms with Crippen LogP contribution in [-0.2, 0) is 4.74 Å². The Kier molecular flexibility index (Phi) is 3.79. The van der Waals surface area contributed by atoms with E-state index < -0.39 is 5.97 Å². The van der Waals surface area contributed by atoms with E-state index in [9.17, 15) is 4.79 Å². The number of aryl methyl sites for hydroxylation is 1. The summed E-state index contributed by atoms with van der Waals surface area (Å²) in [7, 11) is 0. The summed E-state index contributed by atoms with van der Waals surface area (Å²) in [4.78, 5) is 24.0. The van der Waals surface area contributed by atoms with Crippen LogP contribution in [0.5, 0.6) is 0 Å². The van der Waals surface area contributed by atoms with Crippen molar-refractivity contribution in [3.05, 3.63) is 28.5 Å². The predicted molar refractivity (Wildman–Crippen MR) is 72.0 cm³/mol. The normalized spacial score (nSPS) is 10.5. The Morgan fingerprint density at radius 3 is 2.79 bits per heavy atom. The molecule has 0 aliphatic carbocycles. The lowest BCUT2D eigenvalue weighted by atomic mass is 10.4. The second kappa shape index (κ2) is 5.35. The van der Waals surface area contributed by atoms with Gasteiger partial charge < -0.3 is 10.5 Å². The number of ether oxygens (including phenoxy) is 1. The zero-order valence-corrected chi connectivity index (χ0v) is 12.0. The number of nitrogen functional groups attached to an aromatic ring is 1. The zero-order valence-electron chi connectivity index (χ0n) is 10.4. The lowest BCUT2D eigenvalue weighted by molar-refractivity contribution is 0.0521. The summed E-state index contributed by atoms with van der Waals surface area (Å²) < 4.78 is 7.05. The monoisotopic (exact) mass is 325 g/mol. The molecular weight excluding hydrogens is 314 g/mol. The Morgan fingerprint density at radius 1 is 1.47 bits per heavy atom. The Bertz CT molecular complexity index is 608. The predicted octanol–water partition coefficient (Wildman–Crippen LogP) is 1.49. The number of nitrogens with zero attached hydrogens (tertiary/aromatic N) is 4. The first-order valence-electron chi connectivity index (χ1n) is 5.54. The zero-order chi connectivity index (χ0) is 14.0. The van der Waals surface area contributed by atoms with Crippen LogP contribution in [0.25, 0.3) is 5.82 Å². The summed E-state index contributed by atoms with van der Waals surface area (Å²) in [6.45, 7) is 3.71. The van der Waals surface area contributed by atoms with Crippen molar-refractivity contribution in [2.75, 3.05) is 12.3 Å². The molecule has 0 atom stereocenters. The Balaban J connectivity index is 2.47. The van der Waals surface area contributed by atoms with Gasteiger partial charge in [-0.3, -0.25) is 4.57 Å². The molecule has 0 spiro atoms. The Labute approximate surface area is 118 Å². The summed E-state index contributed by atoms with van der Waals surface area (Å²) in [6.07, 6.45) is 3.07. The van der Waals surface area contributed by atoms with Crippen LogP contribution in [0, 0.1) is 6.92 Å². The van der Waals surface area contributed by atoms with E-state index in [-0.39, 0.29) is 18.1 Å². The molecule has 0 fully saturated rings. The van der Waals surface area contributed by atoms with Gasteiger partial charge in [0.05, 0.1) is 19.0 Å². The van der Waals surface area contributed by atoms with Gasteiger partial charge in [0.25, 0.3) is 0 Å². The molecular formula is C11H12BrN5O2. The summed E-state index contributed by atoms with van der Waals surface area (Å²) in [5.74, 6) is 0.665. The SMILES string of the molecule is CCOC(=O)c1nc(C)n(-c2cnc(Br)cn2)c1N. The molecule has 0 saturated carbocycles. The maximum Gasteiger partial charge on any atom is 0.360 e. The minimum absolute atomic E-state index is 0.0871. The molecule has 0 aromatic carbocycles. The molecule has 8 heteroatoms. The van der Waals surface area contributed by atoms with Crippen molar-refractivity contribution in [3.63, 3.8) is 0 Å². The van der Waals surface area contributed by atoms with Gasteiger partial charge in [0.1, 0.15) is 16.2 Å². The van der Waals surface area contributed by atoms with Gasteiger partial charge in [-0.05, 0) is 29.8 Å². The van der Waals surface area contributed by atoms with Crippen LogP contribution in [0.1, 0.15) is 23.2 Å². The van der Waals surface area contributed by atoms with Gasteiger partial charge in [-0.25, -0.2) is 19.7 Å². The third-order valence-electron chi connectivity index (χ3n) is 2.39. The van der Waals surface area contributed by atoms with Crippen molar-refractivity contribution < 1.29 is 9.53 Å². The molecule has 2 rings (SSSR count). The number of carbonyl (C=O) groups is 1. The first-order valence-corrected chi connectivity index (χ1v) is 6.33. The number of hydrogen-bond acceptors (Lipinski definition) is 6. The van der Waals surface area contributed by atoms with Crippen molar-refractivity contribution in [3.8, 4) is 5.82 Å². The fourth-order valence-electron chi connectivity index (χ4n) is 1.61. The molecule has 100 valence electrons. The minimum atomic E-state index is -0.549. The maximum absolute atomic E-state index is 11.7. The smallest absolute Gasteiger partial charge is 0.360 e. The van der Waals surface area contributed by atoms with Gasteiger partial charge in [0.2, 0.25) is 0 Å². The third-order valence-corrected chi connectivity index (χ3v) is 2.79. The molecule has 0 aliphatic rings. The fraction of sp³-hybridized carbons (Fsp3) is 0.273. The number of carbonyl (C=O) groups excluding carboxylic acids is 1. The van der Waals surface area contributed by atoms with Crippen LogP contribution in [0.3, 0.4) is 0 Å². The molecule has 2 aromatic rings. The first kappa shape index (κ1) is 13.5. The molecule has 2 aromatic heterocycles. The quantitative estimate of drug-likeness (QED) is 0.859.